The van der Waals surface area contributed by atoms with Gasteiger partial charge in [-0.1, -0.05) is 23.2 Å². The number of aromatic nitrogens is 2. The van der Waals surface area contributed by atoms with Crippen LogP contribution in [0.1, 0.15) is 22.9 Å². The summed E-state index contributed by atoms with van der Waals surface area (Å²) in [6.45, 7) is 2.70. The van der Waals surface area contributed by atoms with E-state index in [-0.39, 0.29) is 5.71 Å². The topological polar surface area (TPSA) is 133 Å². The summed E-state index contributed by atoms with van der Waals surface area (Å²) in [5, 5.41) is 9.35. The zero-order valence-corrected chi connectivity index (χ0v) is 19.9. The number of nitrogens with two attached hydrogens (primary N) is 2. The van der Waals surface area contributed by atoms with E-state index in [1.807, 2.05) is 0 Å². The van der Waals surface area contributed by atoms with E-state index in [0.717, 1.165) is 13.1 Å². The summed E-state index contributed by atoms with van der Waals surface area (Å²) >= 11 is 12.4. The molecule has 9 nitrogen and oxygen atoms in total. The van der Waals surface area contributed by atoms with Gasteiger partial charge in [-0.2, -0.15) is 0 Å². The lowest BCUT2D eigenvalue weighted by molar-refractivity contribution is 0.122. The van der Waals surface area contributed by atoms with Crippen LogP contribution >= 0.6 is 23.2 Å². The SMILES string of the molecule is COc1cc(C(=N)c2cc(O[C@H](N)c3c(Cl)cncc3Cl)ccc2N)cnc1N1CCOCC1. The third-order valence-corrected chi connectivity index (χ3v) is 5.99. The highest BCUT2D eigenvalue weighted by Crippen LogP contribution is 2.32. The molecule has 1 aliphatic rings. The molecule has 0 unspecified atom stereocenters. The number of halogens is 2. The van der Waals surface area contributed by atoms with Crippen LogP contribution in [-0.2, 0) is 4.74 Å². The summed E-state index contributed by atoms with van der Waals surface area (Å²) in [6, 6.07) is 6.72. The Bertz CT molecular complexity index is 1180. The second kappa shape index (κ2) is 10.4. The molecule has 0 spiro atoms. The fourth-order valence-corrected chi connectivity index (χ4v) is 4.20. The lowest BCUT2D eigenvalue weighted by atomic mass is 10.0. The molecule has 5 N–H and O–H groups in total. The van der Waals surface area contributed by atoms with Gasteiger partial charge in [-0.05, 0) is 24.3 Å². The molecule has 3 heterocycles. The summed E-state index contributed by atoms with van der Waals surface area (Å²) in [5.74, 6) is 1.68. The van der Waals surface area contributed by atoms with E-state index in [0.29, 0.717) is 63.0 Å². The van der Waals surface area contributed by atoms with Gasteiger partial charge >= 0.3 is 0 Å². The number of morpholine rings is 1. The first-order valence-electron chi connectivity index (χ1n) is 10.5. The van der Waals surface area contributed by atoms with Crippen LogP contribution in [0.2, 0.25) is 10.0 Å². The molecular formula is C23H24Cl2N6O3. The van der Waals surface area contributed by atoms with Gasteiger partial charge in [-0.15, -0.1) is 0 Å². The van der Waals surface area contributed by atoms with Crippen LogP contribution in [0.25, 0.3) is 0 Å². The number of anilines is 2. The second-order valence-electron chi connectivity index (χ2n) is 7.53. The standard InChI is InChI=1S/C23H24Cl2N6O3/c1-32-19-8-13(10-30-23(19)31-4-6-33-7-5-31)21(27)15-9-14(2-3-18(15)26)34-22(28)20-16(24)11-29-12-17(20)25/h2-3,8-12,22,27H,4-7,26,28H2,1H3/t22-/m0/s1. The maximum absolute atomic E-state index is 8.76. The smallest absolute Gasteiger partial charge is 0.177 e. The molecule has 1 aromatic carbocycles. The Morgan fingerprint density at radius 3 is 2.53 bits per heavy atom. The first-order chi connectivity index (χ1) is 16.4. The predicted octanol–water partition coefficient (Wildman–Crippen LogP) is 3.66. The van der Waals surface area contributed by atoms with Crippen molar-refractivity contribution in [3.63, 3.8) is 0 Å². The number of nitrogens with one attached hydrogen (secondary N) is 1. The van der Waals surface area contributed by atoms with Gasteiger partial charge in [-0.25, -0.2) is 4.98 Å². The molecular weight excluding hydrogens is 479 g/mol. The van der Waals surface area contributed by atoms with Gasteiger partial charge in [0, 0.05) is 54.1 Å². The highest BCUT2D eigenvalue weighted by molar-refractivity contribution is 6.35. The van der Waals surface area contributed by atoms with Crippen molar-refractivity contribution in [1.82, 2.24) is 9.97 Å². The number of pyridine rings is 2. The second-order valence-corrected chi connectivity index (χ2v) is 8.34. The molecule has 0 aliphatic carbocycles. The predicted molar refractivity (Wildman–Crippen MR) is 132 cm³/mol. The maximum Gasteiger partial charge on any atom is 0.177 e. The van der Waals surface area contributed by atoms with Crippen LogP contribution in [-0.4, -0.2) is 49.1 Å². The molecule has 178 valence electrons. The quantitative estimate of drug-likeness (QED) is 0.253. The van der Waals surface area contributed by atoms with Gasteiger partial charge in [0.2, 0.25) is 0 Å². The minimum absolute atomic E-state index is 0.163. The van der Waals surface area contributed by atoms with E-state index < -0.39 is 6.23 Å². The Balaban J connectivity index is 1.59. The van der Waals surface area contributed by atoms with Crippen LogP contribution in [0, 0.1) is 5.41 Å². The third-order valence-electron chi connectivity index (χ3n) is 5.38. The van der Waals surface area contributed by atoms with E-state index >= 15 is 0 Å². The number of nitrogen functional groups attached to an aromatic ring is 1. The van der Waals surface area contributed by atoms with Crippen LogP contribution in [0.5, 0.6) is 11.5 Å². The van der Waals surface area contributed by atoms with Gasteiger partial charge in [0.1, 0.15) is 5.75 Å². The normalized spacial score (nSPS) is 14.5. The fraction of sp³-hybridized carbons (Fsp3) is 0.261. The van der Waals surface area contributed by atoms with Crippen molar-refractivity contribution in [2.45, 2.75) is 6.23 Å². The van der Waals surface area contributed by atoms with Crippen LogP contribution in [0.3, 0.4) is 0 Å². The van der Waals surface area contributed by atoms with E-state index in [1.165, 1.54) is 12.4 Å². The summed E-state index contributed by atoms with van der Waals surface area (Å²) in [6.07, 6.45) is 3.57. The van der Waals surface area contributed by atoms with Crippen molar-refractivity contribution in [3.8, 4) is 11.5 Å². The number of hydrogen-bond donors (Lipinski definition) is 3. The average Bonchev–Trinajstić information content (AvgIpc) is 2.85. The number of hydrogen-bond acceptors (Lipinski definition) is 9. The van der Waals surface area contributed by atoms with Crippen molar-refractivity contribution in [2.75, 3.05) is 44.0 Å². The Morgan fingerprint density at radius 2 is 1.85 bits per heavy atom. The van der Waals surface area contributed by atoms with Crippen molar-refractivity contribution < 1.29 is 14.2 Å². The molecule has 0 radical (unpaired) electrons. The summed E-state index contributed by atoms with van der Waals surface area (Å²) in [4.78, 5) is 10.6. The maximum atomic E-state index is 8.76. The molecule has 3 aromatic rings. The van der Waals surface area contributed by atoms with Gasteiger partial charge in [0.25, 0.3) is 0 Å². The van der Waals surface area contributed by atoms with Crippen LogP contribution in [0.15, 0.2) is 42.9 Å². The lowest BCUT2D eigenvalue weighted by Crippen LogP contribution is -2.37. The van der Waals surface area contributed by atoms with Crippen molar-refractivity contribution in [2.24, 2.45) is 5.73 Å². The largest absolute Gasteiger partial charge is 0.493 e. The molecule has 1 aliphatic heterocycles. The Hall–Kier alpha value is -3.11. The van der Waals surface area contributed by atoms with Crippen LogP contribution in [0.4, 0.5) is 11.5 Å². The minimum Gasteiger partial charge on any atom is -0.493 e. The van der Waals surface area contributed by atoms with Crippen molar-refractivity contribution in [1.29, 1.82) is 5.41 Å². The minimum atomic E-state index is -0.941. The number of rotatable bonds is 7. The number of ether oxygens (including phenoxy) is 3. The highest BCUT2D eigenvalue weighted by Gasteiger charge is 2.21. The zero-order chi connectivity index (χ0) is 24.2. The van der Waals surface area contributed by atoms with E-state index in [9.17, 15) is 0 Å². The van der Waals surface area contributed by atoms with E-state index in [1.54, 1.807) is 37.6 Å². The number of methoxy groups -OCH3 is 1. The molecule has 1 saturated heterocycles. The summed E-state index contributed by atoms with van der Waals surface area (Å²) in [7, 11) is 1.58. The molecule has 11 heteroatoms. The van der Waals surface area contributed by atoms with Gasteiger partial charge in [0.05, 0.1) is 36.1 Å². The lowest BCUT2D eigenvalue weighted by Gasteiger charge is -2.29. The summed E-state index contributed by atoms with van der Waals surface area (Å²) < 4.78 is 16.8. The molecule has 0 bridgehead atoms. The molecule has 0 amide bonds. The van der Waals surface area contributed by atoms with Crippen LogP contribution < -0.4 is 25.8 Å². The Labute approximate surface area is 207 Å². The van der Waals surface area contributed by atoms with E-state index in [4.69, 9.17) is 54.3 Å². The van der Waals surface area contributed by atoms with Crippen molar-refractivity contribution >= 4 is 40.4 Å². The molecule has 0 saturated carbocycles. The molecule has 34 heavy (non-hydrogen) atoms. The van der Waals surface area contributed by atoms with Gasteiger partial charge < -0.3 is 24.8 Å². The average molecular weight is 503 g/mol. The fourth-order valence-electron chi connectivity index (χ4n) is 3.62. The van der Waals surface area contributed by atoms with E-state index in [2.05, 4.69) is 14.9 Å². The molecule has 1 atom stereocenters. The molecule has 1 fully saturated rings. The molecule has 2 aromatic heterocycles. The number of benzene rings is 1. The molecule has 4 rings (SSSR count). The Kier molecular flexibility index (Phi) is 7.38. The zero-order valence-electron chi connectivity index (χ0n) is 18.4. The van der Waals surface area contributed by atoms with Gasteiger partial charge in [0.15, 0.2) is 17.8 Å². The third kappa shape index (κ3) is 5.02. The first kappa shape index (κ1) is 24.0. The first-order valence-corrected chi connectivity index (χ1v) is 11.2. The van der Waals surface area contributed by atoms with Gasteiger partial charge in [-0.3, -0.25) is 16.1 Å². The number of nitrogens with zero attached hydrogens (tertiary/aromatic N) is 3. The Morgan fingerprint density at radius 1 is 1.15 bits per heavy atom. The monoisotopic (exact) mass is 502 g/mol. The summed E-state index contributed by atoms with van der Waals surface area (Å²) in [5.41, 5.74) is 14.4. The van der Waals surface area contributed by atoms with Crippen molar-refractivity contribution in [3.05, 3.63) is 69.6 Å². The highest BCUT2D eigenvalue weighted by atomic mass is 35.5.